The van der Waals surface area contributed by atoms with E-state index in [0.717, 1.165) is 38.0 Å². The predicted octanol–water partition coefficient (Wildman–Crippen LogP) is 4.06. The van der Waals surface area contributed by atoms with E-state index in [1.807, 2.05) is 12.1 Å². The van der Waals surface area contributed by atoms with Gasteiger partial charge in [0.25, 0.3) is 5.91 Å². The number of likely N-dealkylation sites (tertiary alicyclic amines) is 1. The van der Waals surface area contributed by atoms with E-state index in [1.165, 1.54) is 41.7 Å². The zero-order chi connectivity index (χ0) is 22.6. The SMILES string of the molecule is Cc1ccc2c(c1)CCC21NC(=O)N(CCCN2CCC3(CCc4ccccc43)CC2)C1=O. The molecule has 5 nitrogen and oxygen atoms in total. The van der Waals surface area contributed by atoms with Crippen molar-refractivity contribution in [3.8, 4) is 0 Å². The molecular formula is C28H33N3O2. The Morgan fingerprint density at radius 1 is 0.879 bits per heavy atom. The molecule has 2 aromatic carbocycles. The van der Waals surface area contributed by atoms with E-state index in [1.54, 1.807) is 11.1 Å². The first-order valence-electron chi connectivity index (χ1n) is 12.6. The minimum absolute atomic E-state index is 0.0599. The predicted molar refractivity (Wildman–Crippen MR) is 128 cm³/mol. The van der Waals surface area contributed by atoms with Crippen molar-refractivity contribution in [2.45, 2.75) is 62.8 Å². The van der Waals surface area contributed by atoms with Gasteiger partial charge in [-0.05, 0) is 99.2 Å². The minimum Gasteiger partial charge on any atom is -0.319 e. The van der Waals surface area contributed by atoms with Crippen LogP contribution in [0.3, 0.4) is 0 Å². The molecule has 1 unspecified atom stereocenters. The molecule has 0 aromatic heterocycles. The molecule has 3 amide bonds. The van der Waals surface area contributed by atoms with Gasteiger partial charge in [-0.15, -0.1) is 0 Å². The molecule has 172 valence electrons. The third kappa shape index (κ3) is 3.23. The third-order valence-corrected chi connectivity index (χ3v) is 8.80. The maximum absolute atomic E-state index is 13.4. The summed E-state index contributed by atoms with van der Waals surface area (Å²) in [7, 11) is 0. The van der Waals surface area contributed by atoms with Gasteiger partial charge in [0.05, 0.1) is 0 Å². The van der Waals surface area contributed by atoms with Crippen LogP contribution in [0.2, 0.25) is 0 Å². The monoisotopic (exact) mass is 443 g/mol. The molecule has 2 aliphatic heterocycles. The van der Waals surface area contributed by atoms with Crippen molar-refractivity contribution >= 4 is 11.9 Å². The molecule has 2 spiro atoms. The van der Waals surface area contributed by atoms with Crippen LogP contribution in [0.4, 0.5) is 4.79 Å². The number of benzene rings is 2. The Balaban J connectivity index is 1.06. The largest absolute Gasteiger partial charge is 0.325 e. The van der Waals surface area contributed by atoms with Crippen molar-refractivity contribution in [3.05, 3.63) is 70.3 Å². The molecule has 2 fully saturated rings. The summed E-state index contributed by atoms with van der Waals surface area (Å²) in [5.74, 6) is -0.0599. The first-order chi connectivity index (χ1) is 16.0. The van der Waals surface area contributed by atoms with Gasteiger partial charge >= 0.3 is 6.03 Å². The van der Waals surface area contributed by atoms with E-state index < -0.39 is 5.54 Å². The van der Waals surface area contributed by atoms with Gasteiger partial charge in [0.2, 0.25) is 0 Å². The van der Waals surface area contributed by atoms with Crippen molar-refractivity contribution < 1.29 is 9.59 Å². The van der Waals surface area contributed by atoms with Crippen molar-refractivity contribution in [3.63, 3.8) is 0 Å². The molecule has 5 heteroatoms. The van der Waals surface area contributed by atoms with Gasteiger partial charge in [0, 0.05) is 6.54 Å². The van der Waals surface area contributed by atoms with Crippen LogP contribution in [0.15, 0.2) is 42.5 Å². The highest BCUT2D eigenvalue weighted by molar-refractivity contribution is 6.08. The molecular weight excluding hydrogens is 410 g/mol. The number of urea groups is 1. The smallest absolute Gasteiger partial charge is 0.319 e. The molecule has 6 rings (SSSR count). The molecule has 2 aliphatic carbocycles. The Kier molecular flexibility index (Phi) is 4.88. The second-order valence-electron chi connectivity index (χ2n) is 10.6. The number of hydrogen-bond donors (Lipinski definition) is 1. The normalized spacial score (nSPS) is 25.7. The van der Waals surface area contributed by atoms with Crippen LogP contribution in [0.5, 0.6) is 0 Å². The minimum atomic E-state index is -0.840. The maximum Gasteiger partial charge on any atom is 0.325 e. The van der Waals surface area contributed by atoms with E-state index in [0.29, 0.717) is 18.4 Å². The summed E-state index contributed by atoms with van der Waals surface area (Å²) in [5.41, 5.74) is 6.05. The number of rotatable bonds is 4. The van der Waals surface area contributed by atoms with E-state index in [4.69, 9.17) is 0 Å². The third-order valence-electron chi connectivity index (χ3n) is 8.80. The molecule has 0 saturated carbocycles. The van der Waals surface area contributed by atoms with Crippen LogP contribution in [0.1, 0.15) is 59.9 Å². The Bertz CT molecular complexity index is 1120. The van der Waals surface area contributed by atoms with E-state index >= 15 is 0 Å². The topological polar surface area (TPSA) is 52.7 Å². The number of hydrogen-bond acceptors (Lipinski definition) is 3. The first kappa shape index (κ1) is 20.9. The Morgan fingerprint density at radius 3 is 2.52 bits per heavy atom. The van der Waals surface area contributed by atoms with E-state index in [2.05, 4.69) is 47.5 Å². The molecule has 2 saturated heterocycles. The van der Waals surface area contributed by atoms with Crippen molar-refractivity contribution in [1.29, 1.82) is 0 Å². The number of carbonyl (C=O) groups excluding carboxylic acids is 2. The summed E-state index contributed by atoms with van der Waals surface area (Å²) >= 11 is 0. The summed E-state index contributed by atoms with van der Waals surface area (Å²) in [6, 6.07) is 15.0. The summed E-state index contributed by atoms with van der Waals surface area (Å²) in [6.07, 6.45) is 7.27. The zero-order valence-corrected chi connectivity index (χ0v) is 19.5. The van der Waals surface area contributed by atoms with Gasteiger partial charge in [0.1, 0.15) is 5.54 Å². The van der Waals surface area contributed by atoms with Crippen molar-refractivity contribution in [1.82, 2.24) is 15.1 Å². The lowest BCUT2D eigenvalue weighted by Crippen LogP contribution is -2.43. The van der Waals surface area contributed by atoms with E-state index in [9.17, 15) is 9.59 Å². The second-order valence-corrected chi connectivity index (χ2v) is 10.6. The number of aryl methyl sites for hydroxylation is 3. The first-order valence-corrected chi connectivity index (χ1v) is 12.6. The number of fused-ring (bicyclic) bond motifs is 4. The van der Waals surface area contributed by atoms with Crippen molar-refractivity contribution in [2.24, 2.45) is 0 Å². The molecule has 4 aliphatic rings. The lowest BCUT2D eigenvalue weighted by Gasteiger charge is -2.40. The number of piperidine rings is 1. The zero-order valence-electron chi connectivity index (χ0n) is 19.5. The number of carbonyl (C=O) groups is 2. The highest BCUT2D eigenvalue weighted by atomic mass is 16.2. The Morgan fingerprint density at radius 2 is 1.67 bits per heavy atom. The fourth-order valence-electron chi connectivity index (χ4n) is 6.92. The molecule has 2 heterocycles. The number of imide groups is 1. The van der Waals surface area contributed by atoms with Crippen LogP contribution >= 0.6 is 0 Å². The van der Waals surface area contributed by atoms with Crippen LogP contribution in [0.25, 0.3) is 0 Å². The van der Waals surface area contributed by atoms with Gasteiger partial charge in [-0.3, -0.25) is 9.69 Å². The highest BCUT2D eigenvalue weighted by Crippen LogP contribution is 2.46. The number of amides is 3. The molecule has 33 heavy (non-hydrogen) atoms. The lowest BCUT2D eigenvalue weighted by atomic mass is 9.74. The van der Waals surface area contributed by atoms with Gasteiger partial charge in [0.15, 0.2) is 0 Å². The molecule has 0 radical (unpaired) electrons. The number of nitrogens with zero attached hydrogens (tertiary/aromatic N) is 2. The summed E-state index contributed by atoms with van der Waals surface area (Å²) in [4.78, 5) is 30.1. The fraction of sp³-hybridized carbons (Fsp3) is 0.500. The standard InChI is InChI=1S/C28H33N3O2/c1-20-7-8-24-22(19-20)10-12-28(24)25(32)31(26(33)29-28)16-4-15-30-17-13-27(14-18-30)11-9-21-5-2-3-6-23(21)27/h2-3,5-8,19H,4,9-18H2,1H3,(H,29,33). The highest BCUT2D eigenvalue weighted by Gasteiger charge is 2.55. The average molecular weight is 444 g/mol. The number of nitrogens with one attached hydrogen (secondary N) is 1. The average Bonchev–Trinajstić information content (AvgIpc) is 3.44. The van der Waals surface area contributed by atoms with Crippen LogP contribution in [0, 0.1) is 6.92 Å². The Hall–Kier alpha value is -2.66. The van der Waals surface area contributed by atoms with Gasteiger partial charge in [-0.25, -0.2) is 4.79 Å². The summed E-state index contributed by atoms with van der Waals surface area (Å²) < 4.78 is 0. The van der Waals surface area contributed by atoms with Gasteiger partial charge in [-0.1, -0.05) is 48.0 Å². The van der Waals surface area contributed by atoms with Gasteiger partial charge < -0.3 is 10.2 Å². The quantitative estimate of drug-likeness (QED) is 0.725. The van der Waals surface area contributed by atoms with Crippen LogP contribution in [-0.2, 0) is 28.6 Å². The Labute approximate surface area is 196 Å². The maximum atomic E-state index is 13.4. The molecule has 0 bridgehead atoms. The lowest BCUT2D eigenvalue weighted by molar-refractivity contribution is -0.131. The fourth-order valence-corrected chi connectivity index (χ4v) is 6.92. The molecule has 1 N–H and O–H groups in total. The summed E-state index contributed by atoms with van der Waals surface area (Å²) in [6.45, 7) is 5.71. The molecule has 2 aromatic rings. The summed E-state index contributed by atoms with van der Waals surface area (Å²) in [5, 5.41) is 3.06. The van der Waals surface area contributed by atoms with Crippen molar-refractivity contribution in [2.75, 3.05) is 26.2 Å². The van der Waals surface area contributed by atoms with Gasteiger partial charge in [-0.2, -0.15) is 0 Å². The van der Waals surface area contributed by atoms with Crippen LogP contribution < -0.4 is 5.32 Å². The van der Waals surface area contributed by atoms with E-state index in [-0.39, 0.29) is 11.9 Å². The van der Waals surface area contributed by atoms with Crippen LogP contribution in [-0.4, -0.2) is 47.9 Å². The second kappa shape index (κ2) is 7.69. The molecule has 1 atom stereocenters.